The molecule has 0 fully saturated rings. The van der Waals surface area contributed by atoms with Crippen LogP contribution in [0.1, 0.15) is 32.8 Å². The second kappa shape index (κ2) is 7.62. The van der Waals surface area contributed by atoms with Gasteiger partial charge in [-0.15, -0.1) is 0 Å². The van der Waals surface area contributed by atoms with Crippen LogP contribution in [-0.2, 0) is 21.2 Å². The highest BCUT2D eigenvalue weighted by Gasteiger charge is 2.12. The summed E-state index contributed by atoms with van der Waals surface area (Å²) in [4.78, 5) is 0.314. The summed E-state index contributed by atoms with van der Waals surface area (Å²) in [7, 11) is -3.39. The van der Waals surface area contributed by atoms with E-state index in [2.05, 4.69) is 4.72 Å². The Kier molecular flexibility index (Phi) is 6.48. The Labute approximate surface area is 116 Å². The summed E-state index contributed by atoms with van der Waals surface area (Å²) < 4.78 is 31.9. The van der Waals surface area contributed by atoms with Crippen molar-refractivity contribution in [1.82, 2.24) is 4.72 Å². The van der Waals surface area contributed by atoms with Crippen molar-refractivity contribution in [3.8, 4) is 0 Å². The Morgan fingerprint density at radius 1 is 1.21 bits per heavy atom. The fraction of sp³-hybridized carbons (Fsp3) is 0.571. The highest BCUT2D eigenvalue weighted by atomic mass is 32.2. The largest absolute Gasteiger partial charge is 0.379 e. The molecule has 0 amide bonds. The fourth-order valence-electron chi connectivity index (χ4n) is 1.59. The zero-order valence-electron chi connectivity index (χ0n) is 11.8. The predicted molar refractivity (Wildman–Crippen MR) is 76.7 cm³/mol. The van der Waals surface area contributed by atoms with Gasteiger partial charge in [-0.2, -0.15) is 0 Å². The van der Waals surface area contributed by atoms with Gasteiger partial charge in [0.25, 0.3) is 0 Å². The number of ether oxygens (including phenoxy) is 1. The number of aryl methyl sites for hydroxylation is 1. The van der Waals surface area contributed by atoms with E-state index in [1.807, 2.05) is 32.9 Å². The summed E-state index contributed by atoms with van der Waals surface area (Å²) in [6.45, 7) is 6.91. The summed E-state index contributed by atoms with van der Waals surface area (Å²) >= 11 is 0. The van der Waals surface area contributed by atoms with Crippen LogP contribution >= 0.6 is 0 Å². The molecule has 4 nitrogen and oxygen atoms in total. The first kappa shape index (κ1) is 16.1. The van der Waals surface area contributed by atoms with Gasteiger partial charge in [-0.05, 0) is 44.4 Å². The van der Waals surface area contributed by atoms with E-state index in [0.29, 0.717) is 24.5 Å². The molecule has 108 valence electrons. The minimum atomic E-state index is -3.39. The molecular formula is C14H23NO3S. The van der Waals surface area contributed by atoms with E-state index in [4.69, 9.17) is 4.74 Å². The van der Waals surface area contributed by atoms with Gasteiger partial charge in [0.1, 0.15) is 0 Å². The number of nitrogens with one attached hydrogen (secondary N) is 1. The number of rotatable bonds is 8. The van der Waals surface area contributed by atoms with Gasteiger partial charge in [-0.3, -0.25) is 0 Å². The van der Waals surface area contributed by atoms with Gasteiger partial charge in [0.05, 0.1) is 11.0 Å². The smallest absolute Gasteiger partial charge is 0.240 e. The molecule has 1 rings (SSSR count). The third kappa shape index (κ3) is 5.72. The molecule has 0 heterocycles. The van der Waals surface area contributed by atoms with Crippen LogP contribution in [0.4, 0.5) is 0 Å². The zero-order chi connectivity index (χ0) is 14.3. The van der Waals surface area contributed by atoms with Crippen molar-refractivity contribution in [3.05, 3.63) is 29.8 Å². The molecule has 0 atom stereocenters. The number of sulfonamides is 1. The first-order chi connectivity index (χ1) is 8.95. The molecule has 0 saturated heterocycles. The van der Waals surface area contributed by atoms with Crippen molar-refractivity contribution in [1.29, 1.82) is 0 Å². The molecule has 0 aliphatic carbocycles. The van der Waals surface area contributed by atoms with E-state index >= 15 is 0 Å². The Morgan fingerprint density at radius 2 is 1.84 bits per heavy atom. The number of hydrogen-bond donors (Lipinski definition) is 1. The molecule has 0 bridgehead atoms. The van der Waals surface area contributed by atoms with Gasteiger partial charge in [0, 0.05) is 13.2 Å². The quantitative estimate of drug-likeness (QED) is 0.746. The Balaban J connectivity index is 2.46. The number of benzene rings is 1. The third-order valence-corrected chi connectivity index (χ3v) is 4.18. The lowest BCUT2D eigenvalue weighted by Gasteiger charge is -2.09. The molecule has 0 radical (unpaired) electrons. The highest BCUT2D eigenvalue weighted by Crippen LogP contribution is 2.10. The Bertz CT molecular complexity index is 466. The maximum absolute atomic E-state index is 12.0. The summed E-state index contributed by atoms with van der Waals surface area (Å²) in [6, 6.07) is 6.98. The zero-order valence-corrected chi connectivity index (χ0v) is 12.7. The summed E-state index contributed by atoms with van der Waals surface area (Å²) in [5, 5.41) is 0. The topological polar surface area (TPSA) is 55.4 Å². The lowest BCUT2D eigenvalue weighted by molar-refractivity contribution is 0.0778. The van der Waals surface area contributed by atoms with Crippen molar-refractivity contribution < 1.29 is 13.2 Å². The summed E-state index contributed by atoms with van der Waals surface area (Å²) in [6.07, 6.45) is 1.75. The van der Waals surface area contributed by atoms with Crippen molar-refractivity contribution in [2.75, 3.05) is 13.2 Å². The molecule has 19 heavy (non-hydrogen) atoms. The monoisotopic (exact) mass is 285 g/mol. The molecule has 0 spiro atoms. The van der Waals surface area contributed by atoms with Crippen molar-refractivity contribution in [3.63, 3.8) is 0 Å². The Morgan fingerprint density at radius 3 is 2.37 bits per heavy atom. The molecule has 0 aliphatic rings. The van der Waals surface area contributed by atoms with E-state index in [9.17, 15) is 8.42 Å². The van der Waals surface area contributed by atoms with Crippen LogP contribution in [0.3, 0.4) is 0 Å². The fourth-order valence-corrected chi connectivity index (χ4v) is 2.66. The molecule has 5 heteroatoms. The lowest BCUT2D eigenvalue weighted by atomic mass is 10.2. The lowest BCUT2D eigenvalue weighted by Crippen LogP contribution is -2.25. The van der Waals surface area contributed by atoms with E-state index in [-0.39, 0.29) is 6.10 Å². The average Bonchev–Trinajstić information content (AvgIpc) is 2.38. The highest BCUT2D eigenvalue weighted by molar-refractivity contribution is 7.89. The van der Waals surface area contributed by atoms with Crippen molar-refractivity contribution >= 4 is 10.0 Å². The normalized spacial score (nSPS) is 12.0. The van der Waals surface area contributed by atoms with Crippen LogP contribution in [0.15, 0.2) is 29.2 Å². The van der Waals surface area contributed by atoms with Crippen LogP contribution < -0.4 is 4.72 Å². The molecule has 1 N–H and O–H groups in total. The van der Waals surface area contributed by atoms with Crippen molar-refractivity contribution in [2.24, 2.45) is 0 Å². The molecular weight excluding hydrogens is 262 g/mol. The minimum absolute atomic E-state index is 0.179. The molecule has 1 aromatic rings. The maximum Gasteiger partial charge on any atom is 0.240 e. The van der Waals surface area contributed by atoms with Crippen LogP contribution in [-0.4, -0.2) is 27.7 Å². The summed E-state index contributed by atoms with van der Waals surface area (Å²) in [5.41, 5.74) is 1.13. The summed E-state index contributed by atoms with van der Waals surface area (Å²) in [5.74, 6) is 0. The van der Waals surface area contributed by atoms with Gasteiger partial charge in [0.15, 0.2) is 0 Å². The van der Waals surface area contributed by atoms with E-state index < -0.39 is 10.0 Å². The molecule has 1 aromatic carbocycles. The SMILES string of the molecule is CCc1ccc(S(=O)(=O)NCCCOC(C)C)cc1. The molecule has 0 saturated carbocycles. The third-order valence-electron chi connectivity index (χ3n) is 2.71. The Hall–Kier alpha value is -0.910. The van der Waals surface area contributed by atoms with Gasteiger partial charge >= 0.3 is 0 Å². The molecule has 0 aliphatic heterocycles. The molecule has 0 aromatic heterocycles. The van der Waals surface area contributed by atoms with Gasteiger partial charge in [-0.25, -0.2) is 13.1 Å². The first-order valence-corrected chi connectivity index (χ1v) is 8.14. The maximum atomic E-state index is 12.0. The van der Waals surface area contributed by atoms with Gasteiger partial charge < -0.3 is 4.74 Å². The van der Waals surface area contributed by atoms with Gasteiger partial charge in [0.2, 0.25) is 10.0 Å². The van der Waals surface area contributed by atoms with Crippen LogP contribution in [0.5, 0.6) is 0 Å². The van der Waals surface area contributed by atoms with Gasteiger partial charge in [-0.1, -0.05) is 19.1 Å². The van der Waals surface area contributed by atoms with E-state index in [1.165, 1.54) is 0 Å². The standard InChI is InChI=1S/C14H23NO3S/c1-4-13-6-8-14(9-7-13)19(16,17)15-10-5-11-18-12(2)3/h6-9,12,15H,4-5,10-11H2,1-3H3. The first-order valence-electron chi connectivity index (χ1n) is 6.66. The second-order valence-corrected chi connectivity index (χ2v) is 6.44. The number of hydrogen-bond acceptors (Lipinski definition) is 3. The molecule has 0 unspecified atom stereocenters. The van der Waals surface area contributed by atoms with E-state index in [1.54, 1.807) is 12.1 Å². The van der Waals surface area contributed by atoms with Crippen molar-refractivity contribution in [2.45, 2.75) is 44.6 Å². The van der Waals surface area contributed by atoms with Crippen LogP contribution in [0.2, 0.25) is 0 Å². The second-order valence-electron chi connectivity index (χ2n) is 4.67. The van der Waals surface area contributed by atoms with Crippen LogP contribution in [0.25, 0.3) is 0 Å². The predicted octanol–water partition coefficient (Wildman–Crippen LogP) is 2.34. The average molecular weight is 285 g/mol. The van der Waals surface area contributed by atoms with Crippen LogP contribution in [0, 0.1) is 0 Å². The van der Waals surface area contributed by atoms with E-state index in [0.717, 1.165) is 12.0 Å². The minimum Gasteiger partial charge on any atom is -0.379 e.